The zero-order valence-corrected chi connectivity index (χ0v) is 20.3. The first-order valence-corrected chi connectivity index (χ1v) is 11.6. The van der Waals surface area contributed by atoms with Crippen LogP contribution in [0.4, 0.5) is 16.2 Å². The molecule has 0 aliphatic carbocycles. The summed E-state index contributed by atoms with van der Waals surface area (Å²) in [5.74, 6) is 0.990. The Morgan fingerprint density at radius 3 is 2.38 bits per heavy atom. The molecule has 1 unspecified atom stereocenters. The molecule has 0 spiro atoms. The molecular formula is C28H33N3O3. The maximum Gasteiger partial charge on any atom is 0.323 e. The molecule has 1 atom stereocenters. The van der Waals surface area contributed by atoms with Gasteiger partial charge in [0, 0.05) is 24.3 Å². The fraction of sp³-hybridized carbons (Fsp3) is 0.286. The molecular weight excluding hydrogens is 426 g/mol. The maximum atomic E-state index is 12.5. The van der Waals surface area contributed by atoms with Crippen molar-refractivity contribution < 1.29 is 14.3 Å². The Morgan fingerprint density at radius 2 is 1.71 bits per heavy atom. The molecule has 3 amide bonds. The van der Waals surface area contributed by atoms with Gasteiger partial charge in [-0.05, 0) is 65.8 Å². The van der Waals surface area contributed by atoms with Crippen molar-refractivity contribution in [1.29, 1.82) is 0 Å². The van der Waals surface area contributed by atoms with Crippen molar-refractivity contribution in [2.24, 2.45) is 0 Å². The molecule has 0 saturated carbocycles. The summed E-state index contributed by atoms with van der Waals surface area (Å²) in [4.78, 5) is 24.7. The van der Waals surface area contributed by atoms with Crippen LogP contribution in [0.25, 0.3) is 0 Å². The Labute approximate surface area is 201 Å². The highest BCUT2D eigenvalue weighted by molar-refractivity contribution is 6.00. The molecule has 6 nitrogen and oxygen atoms in total. The number of urea groups is 1. The fourth-order valence-corrected chi connectivity index (χ4v) is 3.75. The summed E-state index contributed by atoms with van der Waals surface area (Å²) in [6.45, 7) is 6.53. The number of carbonyl (C=O) groups excluding carboxylic acids is 2. The van der Waals surface area contributed by atoms with Gasteiger partial charge in [-0.15, -0.1) is 0 Å². The summed E-state index contributed by atoms with van der Waals surface area (Å²) in [6.07, 6.45) is 1.29. The first-order chi connectivity index (χ1) is 16.4. The summed E-state index contributed by atoms with van der Waals surface area (Å²) in [7, 11) is 1.67. The van der Waals surface area contributed by atoms with Gasteiger partial charge in [0.15, 0.2) is 0 Å². The van der Waals surface area contributed by atoms with E-state index in [9.17, 15) is 9.59 Å². The molecule has 0 aliphatic rings. The van der Waals surface area contributed by atoms with Crippen molar-refractivity contribution >= 4 is 23.3 Å². The van der Waals surface area contributed by atoms with Gasteiger partial charge in [0.05, 0.1) is 7.11 Å². The second kappa shape index (κ2) is 11.9. The molecule has 0 bridgehead atoms. The molecule has 0 heterocycles. The monoisotopic (exact) mass is 459 g/mol. The first kappa shape index (κ1) is 24.8. The third-order valence-corrected chi connectivity index (χ3v) is 5.84. The molecule has 3 N–H and O–H groups in total. The van der Waals surface area contributed by atoms with Gasteiger partial charge in [-0.3, -0.25) is 4.79 Å². The number of methoxy groups -OCH3 is 1. The van der Waals surface area contributed by atoms with Crippen LogP contribution in [-0.2, 0) is 17.8 Å². The second-order valence-corrected chi connectivity index (χ2v) is 8.40. The van der Waals surface area contributed by atoms with E-state index in [1.807, 2.05) is 67.6 Å². The largest absolute Gasteiger partial charge is 0.496 e. The van der Waals surface area contributed by atoms with Gasteiger partial charge < -0.3 is 20.7 Å². The van der Waals surface area contributed by atoms with E-state index in [0.29, 0.717) is 18.7 Å². The van der Waals surface area contributed by atoms with Crippen LogP contribution in [-0.4, -0.2) is 19.0 Å². The zero-order valence-electron chi connectivity index (χ0n) is 20.3. The predicted molar refractivity (Wildman–Crippen MR) is 138 cm³/mol. The van der Waals surface area contributed by atoms with Crippen LogP contribution in [0.5, 0.6) is 5.75 Å². The molecule has 3 aromatic rings. The number of aryl methyl sites for hydroxylation is 2. The van der Waals surface area contributed by atoms with Crippen LogP contribution in [0.1, 0.15) is 48.4 Å². The van der Waals surface area contributed by atoms with Crippen molar-refractivity contribution in [3.63, 3.8) is 0 Å². The van der Waals surface area contributed by atoms with Crippen LogP contribution in [0.15, 0.2) is 66.7 Å². The average Bonchev–Trinajstić information content (AvgIpc) is 2.84. The average molecular weight is 460 g/mol. The molecule has 34 heavy (non-hydrogen) atoms. The molecule has 6 heteroatoms. The smallest absolute Gasteiger partial charge is 0.323 e. The minimum atomic E-state index is -0.297. The van der Waals surface area contributed by atoms with Gasteiger partial charge in [-0.25, -0.2) is 4.79 Å². The number of amides is 3. The lowest BCUT2D eigenvalue weighted by Gasteiger charge is -2.15. The lowest BCUT2D eigenvalue weighted by atomic mass is 9.94. The van der Waals surface area contributed by atoms with Crippen molar-refractivity contribution in [2.45, 2.75) is 46.1 Å². The lowest BCUT2D eigenvalue weighted by Crippen LogP contribution is -2.24. The van der Waals surface area contributed by atoms with Crippen molar-refractivity contribution in [1.82, 2.24) is 5.32 Å². The second-order valence-electron chi connectivity index (χ2n) is 8.40. The fourth-order valence-electron chi connectivity index (χ4n) is 3.75. The SMILES string of the molecule is CCc1cc(C(C)CC(=O)NCc2ccc(NC(=O)Nc3ccccc3C)cc2)ccc1OC. The van der Waals surface area contributed by atoms with Crippen LogP contribution in [0, 0.1) is 6.92 Å². The molecule has 0 radical (unpaired) electrons. The van der Waals surface area contributed by atoms with E-state index < -0.39 is 0 Å². The highest BCUT2D eigenvalue weighted by atomic mass is 16.5. The minimum absolute atomic E-state index is 0.00109. The van der Waals surface area contributed by atoms with Crippen molar-refractivity contribution in [2.75, 3.05) is 17.7 Å². The van der Waals surface area contributed by atoms with Gasteiger partial charge in [0.25, 0.3) is 0 Å². The third kappa shape index (κ3) is 6.85. The minimum Gasteiger partial charge on any atom is -0.496 e. The van der Waals surface area contributed by atoms with Crippen molar-refractivity contribution in [3.05, 3.63) is 89.0 Å². The summed E-state index contributed by atoms with van der Waals surface area (Å²) in [5, 5.41) is 8.66. The third-order valence-electron chi connectivity index (χ3n) is 5.84. The summed E-state index contributed by atoms with van der Waals surface area (Å²) in [6, 6.07) is 20.9. The Hall–Kier alpha value is -3.80. The lowest BCUT2D eigenvalue weighted by molar-refractivity contribution is -0.121. The molecule has 0 aliphatic heterocycles. The van der Waals surface area contributed by atoms with Crippen molar-refractivity contribution in [3.8, 4) is 5.75 Å². The number of rotatable bonds is 9. The van der Waals surface area contributed by atoms with E-state index in [0.717, 1.165) is 40.1 Å². The molecule has 3 rings (SSSR count). The first-order valence-electron chi connectivity index (χ1n) is 11.6. The maximum absolute atomic E-state index is 12.5. The van der Waals surface area contributed by atoms with Gasteiger partial charge in [-0.2, -0.15) is 0 Å². The number of ether oxygens (including phenoxy) is 1. The number of carbonyl (C=O) groups is 2. The molecule has 0 fully saturated rings. The van der Waals surface area contributed by atoms with Gasteiger partial charge in [0.2, 0.25) is 5.91 Å². The van der Waals surface area contributed by atoms with E-state index >= 15 is 0 Å². The Morgan fingerprint density at radius 1 is 0.971 bits per heavy atom. The number of nitrogens with one attached hydrogen (secondary N) is 3. The summed E-state index contributed by atoms with van der Waals surface area (Å²) >= 11 is 0. The zero-order chi connectivity index (χ0) is 24.5. The predicted octanol–water partition coefficient (Wildman–Crippen LogP) is 6.02. The number of benzene rings is 3. The van der Waals surface area contributed by atoms with Crippen LogP contribution in [0.3, 0.4) is 0 Å². The van der Waals surface area contributed by atoms with E-state index in [1.165, 1.54) is 0 Å². The van der Waals surface area contributed by atoms with E-state index in [-0.39, 0.29) is 17.9 Å². The number of hydrogen-bond donors (Lipinski definition) is 3. The molecule has 3 aromatic carbocycles. The number of para-hydroxylation sites is 1. The topological polar surface area (TPSA) is 79.5 Å². The highest BCUT2D eigenvalue weighted by Gasteiger charge is 2.13. The Balaban J connectivity index is 1.47. The summed E-state index contributed by atoms with van der Waals surface area (Å²) < 4.78 is 5.39. The standard InChI is InChI=1S/C28H33N3O3/c1-5-22-17-23(12-15-26(22)34-4)20(3)16-27(32)29-18-21-10-13-24(14-11-21)30-28(33)31-25-9-7-6-8-19(25)2/h6-15,17,20H,5,16,18H2,1-4H3,(H,29,32)(H2,30,31,33). The molecule has 178 valence electrons. The number of anilines is 2. The molecule has 0 saturated heterocycles. The van der Waals surface area contributed by atoms with Crippen LogP contribution in [0.2, 0.25) is 0 Å². The van der Waals surface area contributed by atoms with Gasteiger partial charge in [-0.1, -0.05) is 56.3 Å². The van der Waals surface area contributed by atoms with E-state index in [4.69, 9.17) is 4.74 Å². The molecule has 0 aromatic heterocycles. The van der Waals surface area contributed by atoms with E-state index in [2.05, 4.69) is 35.9 Å². The highest BCUT2D eigenvalue weighted by Crippen LogP contribution is 2.26. The van der Waals surface area contributed by atoms with Crippen LogP contribution < -0.4 is 20.7 Å². The number of hydrogen-bond acceptors (Lipinski definition) is 3. The Kier molecular flexibility index (Phi) is 8.68. The van der Waals surface area contributed by atoms with Gasteiger partial charge in [0.1, 0.15) is 5.75 Å². The van der Waals surface area contributed by atoms with Crippen LogP contribution >= 0.6 is 0 Å². The van der Waals surface area contributed by atoms with E-state index in [1.54, 1.807) is 7.11 Å². The Bertz CT molecular complexity index is 1130. The summed E-state index contributed by atoms with van der Waals surface area (Å²) in [5.41, 5.74) is 5.69. The quantitative estimate of drug-likeness (QED) is 0.366. The normalized spacial score (nSPS) is 11.4. The van der Waals surface area contributed by atoms with Gasteiger partial charge >= 0.3 is 6.03 Å².